The highest BCUT2D eigenvalue weighted by Gasteiger charge is 2.34. The van der Waals surface area contributed by atoms with Crippen molar-refractivity contribution in [3.8, 4) is 22.8 Å². The number of fused-ring (bicyclic) bond motifs is 2. The SMILES string of the molecule is C=CC(=O)Cl.C=CC(=O)N1CCC(n2c(-c3ccccc3Cl)nc3cnc(N)nc32)C1.CC(C)(C)OC(=O)N1CCC(n2c(-c3ccccc3Cl)nc3cnc(N)nc32)C1. The fourth-order valence-corrected chi connectivity index (χ4v) is 7.33. The Balaban J connectivity index is 0.000000182. The van der Waals surface area contributed by atoms with Crippen molar-refractivity contribution in [1.29, 1.82) is 0 Å². The fraction of sp³-hybridized carbons (Fsp3) is 0.293. The Morgan fingerprint density at radius 3 is 1.58 bits per heavy atom. The van der Waals surface area contributed by atoms with Crippen LogP contribution in [0.2, 0.25) is 10.0 Å². The Bertz CT molecular complexity index is 2590. The summed E-state index contributed by atoms with van der Waals surface area (Å²) in [5.41, 5.74) is 15.2. The molecule has 16 nitrogen and oxygen atoms in total. The van der Waals surface area contributed by atoms with Crippen LogP contribution in [0.4, 0.5) is 16.7 Å². The minimum atomic E-state index is -0.540. The van der Waals surface area contributed by atoms with Gasteiger partial charge in [-0.1, -0.05) is 60.6 Å². The molecule has 0 aliphatic carbocycles. The molecule has 2 saturated heterocycles. The highest BCUT2D eigenvalue weighted by atomic mass is 35.5. The number of rotatable bonds is 6. The van der Waals surface area contributed by atoms with Gasteiger partial charge in [0.25, 0.3) is 0 Å². The molecule has 0 radical (unpaired) electrons. The second-order valence-electron chi connectivity index (χ2n) is 14.8. The Morgan fingerprint density at radius 2 is 1.17 bits per heavy atom. The zero-order chi connectivity index (χ0) is 43.3. The number of benzene rings is 2. The van der Waals surface area contributed by atoms with E-state index in [4.69, 9.17) is 61.0 Å². The van der Waals surface area contributed by atoms with Gasteiger partial charge in [0.2, 0.25) is 23.0 Å². The van der Waals surface area contributed by atoms with Crippen LogP contribution < -0.4 is 11.5 Å². The normalized spacial score (nSPS) is 16.2. The summed E-state index contributed by atoms with van der Waals surface area (Å²) in [5, 5.41) is 0.680. The van der Waals surface area contributed by atoms with Crippen molar-refractivity contribution < 1.29 is 19.1 Å². The Morgan fingerprint density at radius 1 is 0.733 bits per heavy atom. The molecular formula is C41H43Cl3N12O4. The molecule has 2 aliphatic rings. The average Bonchev–Trinajstić information content (AvgIpc) is 4.02. The fourth-order valence-electron chi connectivity index (χ4n) is 6.89. The lowest BCUT2D eigenvalue weighted by molar-refractivity contribution is -0.125. The number of aromatic nitrogens is 8. The van der Waals surface area contributed by atoms with Crippen molar-refractivity contribution in [2.75, 3.05) is 37.6 Å². The second-order valence-corrected chi connectivity index (χ2v) is 15.9. The number of imidazole rings is 2. The zero-order valence-electron chi connectivity index (χ0n) is 33.1. The monoisotopic (exact) mass is 872 g/mol. The molecule has 2 amide bonds. The molecule has 19 heteroatoms. The molecule has 4 N–H and O–H groups in total. The first-order chi connectivity index (χ1) is 28.6. The first-order valence-electron chi connectivity index (χ1n) is 18.8. The van der Waals surface area contributed by atoms with Crippen LogP contribution in [0.15, 0.2) is 86.2 Å². The third-order valence-corrected chi connectivity index (χ3v) is 10.3. The number of likely N-dealkylation sites (tertiary alicyclic amines) is 2. The van der Waals surface area contributed by atoms with E-state index >= 15 is 0 Å². The summed E-state index contributed by atoms with van der Waals surface area (Å²) >= 11 is 17.6. The summed E-state index contributed by atoms with van der Waals surface area (Å²) in [6.07, 6.45) is 6.80. The van der Waals surface area contributed by atoms with Gasteiger partial charge in [-0.15, -0.1) is 0 Å². The summed E-state index contributed by atoms with van der Waals surface area (Å²) in [7, 11) is 0. The molecule has 2 atom stereocenters. The molecule has 312 valence electrons. The first kappa shape index (κ1) is 43.5. The van der Waals surface area contributed by atoms with Gasteiger partial charge >= 0.3 is 6.09 Å². The summed E-state index contributed by atoms with van der Waals surface area (Å²) < 4.78 is 9.55. The lowest BCUT2D eigenvalue weighted by atomic mass is 10.2. The predicted octanol–water partition coefficient (Wildman–Crippen LogP) is 7.54. The van der Waals surface area contributed by atoms with Crippen molar-refractivity contribution >= 4 is 86.3 Å². The number of nitrogens with two attached hydrogens (primary N) is 2. The van der Waals surface area contributed by atoms with Gasteiger partial charge in [0.15, 0.2) is 11.3 Å². The minimum Gasteiger partial charge on any atom is -0.444 e. The van der Waals surface area contributed by atoms with E-state index in [1.165, 1.54) is 6.08 Å². The lowest BCUT2D eigenvalue weighted by Gasteiger charge is -2.24. The van der Waals surface area contributed by atoms with Crippen LogP contribution in [-0.2, 0) is 14.3 Å². The third kappa shape index (κ3) is 9.84. The lowest BCUT2D eigenvalue weighted by Crippen LogP contribution is -2.35. The highest BCUT2D eigenvalue weighted by molar-refractivity contribution is 6.66. The Labute approximate surface area is 360 Å². The van der Waals surface area contributed by atoms with Crippen LogP contribution in [-0.4, -0.2) is 97.9 Å². The van der Waals surface area contributed by atoms with Gasteiger partial charge in [-0.05, 0) is 81.6 Å². The van der Waals surface area contributed by atoms with E-state index in [1.807, 2.05) is 78.4 Å². The van der Waals surface area contributed by atoms with Gasteiger partial charge in [-0.3, -0.25) is 9.59 Å². The van der Waals surface area contributed by atoms with E-state index in [-0.39, 0.29) is 36.0 Å². The number of nitrogen functional groups attached to an aromatic ring is 2. The number of hydrogen-bond donors (Lipinski definition) is 2. The van der Waals surface area contributed by atoms with E-state index < -0.39 is 10.8 Å². The van der Waals surface area contributed by atoms with Crippen LogP contribution in [0.25, 0.3) is 45.1 Å². The molecule has 0 bridgehead atoms. The number of nitrogens with zero attached hydrogens (tertiary/aromatic N) is 10. The smallest absolute Gasteiger partial charge is 0.410 e. The molecule has 8 rings (SSSR count). The maximum atomic E-state index is 12.5. The van der Waals surface area contributed by atoms with Crippen molar-refractivity contribution in [2.24, 2.45) is 0 Å². The maximum Gasteiger partial charge on any atom is 0.410 e. The van der Waals surface area contributed by atoms with Crippen LogP contribution in [0, 0.1) is 0 Å². The van der Waals surface area contributed by atoms with Gasteiger partial charge in [0, 0.05) is 37.3 Å². The van der Waals surface area contributed by atoms with Gasteiger partial charge in [-0.2, -0.15) is 9.97 Å². The Hall–Kier alpha value is -6.10. The molecule has 6 aromatic rings. The number of anilines is 2. The van der Waals surface area contributed by atoms with E-state index in [9.17, 15) is 14.4 Å². The Kier molecular flexibility index (Phi) is 13.4. The number of allylic oxidation sites excluding steroid dienone is 1. The van der Waals surface area contributed by atoms with Crippen molar-refractivity contribution in [2.45, 2.75) is 51.3 Å². The topological polar surface area (TPSA) is 206 Å². The van der Waals surface area contributed by atoms with Crippen LogP contribution >= 0.6 is 34.8 Å². The van der Waals surface area contributed by atoms with Gasteiger partial charge in [0.05, 0.1) is 34.5 Å². The molecule has 2 fully saturated rings. The van der Waals surface area contributed by atoms with E-state index in [2.05, 4.69) is 33.1 Å². The van der Waals surface area contributed by atoms with Crippen LogP contribution in [0.3, 0.4) is 0 Å². The summed E-state index contributed by atoms with van der Waals surface area (Å²) in [5.74, 6) is 1.66. The van der Waals surface area contributed by atoms with Gasteiger partial charge in [-0.25, -0.2) is 24.7 Å². The molecule has 6 heterocycles. The molecule has 4 aromatic heterocycles. The number of halogens is 3. The molecule has 2 unspecified atom stereocenters. The van der Waals surface area contributed by atoms with Crippen molar-refractivity contribution in [1.82, 2.24) is 48.8 Å². The standard InChI is InChI=1S/C20H23ClN6O2.C18H17ClN6O.C3H3ClO/c1-20(2,3)29-19(28)26-9-8-12(11-26)27-16(13-6-4-5-7-14(13)21)24-15-10-23-18(22)25-17(15)27;1-2-15(26)24-8-7-11(10-24)25-16(12-5-3-4-6-13(12)19)22-14-9-21-18(20)23-17(14)25;1-2-3(4)5/h4-7,10,12H,8-9,11H2,1-3H3,(H2,22,23,25);2-6,9,11H,1,7-8,10H2,(H2,20,21,23);2H,1H2. The molecule has 2 aromatic carbocycles. The number of carbonyl (C=O) groups excluding carboxylic acids is 3. The summed E-state index contributed by atoms with van der Waals surface area (Å²) in [6, 6.07) is 15.0. The number of amides is 2. The summed E-state index contributed by atoms with van der Waals surface area (Å²) in [6.45, 7) is 14.5. The van der Waals surface area contributed by atoms with Crippen LogP contribution in [0.5, 0.6) is 0 Å². The molecular weight excluding hydrogens is 831 g/mol. The average molecular weight is 874 g/mol. The quantitative estimate of drug-likeness (QED) is 0.123. The van der Waals surface area contributed by atoms with E-state index in [0.717, 1.165) is 30.0 Å². The number of carbonyl (C=O) groups is 3. The number of ether oxygens (including phenoxy) is 1. The molecule has 2 aliphatic heterocycles. The molecule has 60 heavy (non-hydrogen) atoms. The third-order valence-electron chi connectivity index (χ3n) is 9.49. The molecule has 0 saturated carbocycles. The van der Waals surface area contributed by atoms with Gasteiger partial charge < -0.3 is 35.1 Å². The maximum absolute atomic E-state index is 12.5. The minimum absolute atomic E-state index is 0.0180. The van der Waals surface area contributed by atoms with Crippen molar-refractivity contribution in [3.05, 3.63) is 96.3 Å². The first-order valence-corrected chi connectivity index (χ1v) is 19.9. The van der Waals surface area contributed by atoms with Gasteiger partial charge in [0.1, 0.15) is 28.3 Å². The van der Waals surface area contributed by atoms with E-state index in [0.29, 0.717) is 70.2 Å². The number of hydrogen-bond acceptors (Lipinski definition) is 12. The highest BCUT2D eigenvalue weighted by Crippen LogP contribution is 2.37. The summed E-state index contributed by atoms with van der Waals surface area (Å²) in [4.78, 5) is 63.7. The second kappa shape index (κ2) is 18.4. The van der Waals surface area contributed by atoms with Crippen molar-refractivity contribution in [3.63, 3.8) is 0 Å². The largest absolute Gasteiger partial charge is 0.444 e. The van der Waals surface area contributed by atoms with Crippen LogP contribution in [0.1, 0.15) is 45.7 Å². The molecule has 0 spiro atoms. The van der Waals surface area contributed by atoms with E-state index in [1.54, 1.807) is 22.2 Å². The zero-order valence-corrected chi connectivity index (χ0v) is 35.4. The predicted molar refractivity (Wildman–Crippen MR) is 233 cm³/mol.